The van der Waals surface area contributed by atoms with Crippen LogP contribution in [0.4, 0.5) is 0 Å². The molecule has 3 heteroatoms. The van der Waals surface area contributed by atoms with Crippen molar-refractivity contribution in [1.82, 2.24) is 5.48 Å². The number of hydrogen-bond donors (Lipinski definition) is 2. The average molecular weight is 216 g/mol. The van der Waals surface area contributed by atoms with Crippen molar-refractivity contribution < 1.29 is 5.21 Å². The molecule has 1 atom stereocenters. The first-order valence-electron chi connectivity index (χ1n) is 3.39. The van der Waals surface area contributed by atoms with Gasteiger partial charge in [0.15, 0.2) is 0 Å². The molecule has 0 bridgehead atoms. The van der Waals surface area contributed by atoms with E-state index in [-0.39, 0.29) is 6.04 Å². The van der Waals surface area contributed by atoms with Gasteiger partial charge in [-0.1, -0.05) is 28.1 Å². The van der Waals surface area contributed by atoms with Gasteiger partial charge in [0.25, 0.3) is 0 Å². The monoisotopic (exact) mass is 215 g/mol. The van der Waals surface area contributed by atoms with E-state index in [0.29, 0.717) is 0 Å². The highest BCUT2D eigenvalue weighted by molar-refractivity contribution is 9.10. The van der Waals surface area contributed by atoms with Gasteiger partial charge in [-0.3, -0.25) is 0 Å². The second-order valence-electron chi connectivity index (χ2n) is 2.41. The van der Waals surface area contributed by atoms with Crippen LogP contribution in [0.15, 0.2) is 28.7 Å². The zero-order valence-corrected chi connectivity index (χ0v) is 7.80. The Kier molecular flexibility index (Phi) is 3.05. The maximum atomic E-state index is 8.61. The van der Waals surface area contributed by atoms with Crippen LogP contribution in [0.1, 0.15) is 18.5 Å². The van der Waals surface area contributed by atoms with Crippen LogP contribution in [0.2, 0.25) is 0 Å². The first kappa shape index (κ1) is 8.71. The molecule has 0 unspecified atom stereocenters. The number of benzene rings is 1. The quantitative estimate of drug-likeness (QED) is 0.744. The SMILES string of the molecule is C[C@@H](NO)c1cccc(Br)c1. The Balaban J connectivity index is 2.86. The summed E-state index contributed by atoms with van der Waals surface area (Å²) in [4.78, 5) is 0. The van der Waals surface area contributed by atoms with Crippen molar-refractivity contribution >= 4 is 15.9 Å². The van der Waals surface area contributed by atoms with E-state index in [0.717, 1.165) is 10.0 Å². The molecule has 1 aromatic carbocycles. The van der Waals surface area contributed by atoms with E-state index in [1.165, 1.54) is 0 Å². The molecule has 1 aromatic rings. The van der Waals surface area contributed by atoms with Gasteiger partial charge in [0.1, 0.15) is 0 Å². The summed E-state index contributed by atoms with van der Waals surface area (Å²) in [5.41, 5.74) is 3.24. The molecule has 0 aliphatic rings. The van der Waals surface area contributed by atoms with Gasteiger partial charge in [-0.25, -0.2) is 0 Å². The van der Waals surface area contributed by atoms with Crippen LogP contribution in [0, 0.1) is 0 Å². The zero-order valence-electron chi connectivity index (χ0n) is 6.21. The maximum absolute atomic E-state index is 8.61. The van der Waals surface area contributed by atoms with Crippen LogP contribution in [-0.2, 0) is 0 Å². The van der Waals surface area contributed by atoms with Gasteiger partial charge in [0.05, 0.1) is 6.04 Å². The number of rotatable bonds is 2. The minimum absolute atomic E-state index is 0.0208. The lowest BCUT2D eigenvalue weighted by molar-refractivity contribution is 0.133. The van der Waals surface area contributed by atoms with Gasteiger partial charge in [-0.2, -0.15) is 5.48 Å². The molecule has 1 rings (SSSR count). The topological polar surface area (TPSA) is 32.3 Å². The van der Waals surface area contributed by atoms with Crippen molar-refractivity contribution in [2.24, 2.45) is 0 Å². The molecule has 60 valence electrons. The minimum Gasteiger partial charge on any atom is -0.316 e. The second kappa shape index (κ2) is 3.85. The molecule has 0 heterocycles. The molecule has 0 saturated heterocycles. The summed E-state index contributed by atoms with van der Waals surface area (Å²) in [6.45, 7) is 1.89. The summed E-state index contributed by atoms with van der Waals surface area (Å²) < 4.78 is 1.03. The first-order valence-corrected chi connectivity index (χ1v) is 4.18. The third-order valence-corrected chi connectivity index (χ3v) is 2.04. The number of halogens is 1. The molecule has 0 saturated carbocycles. The van der Waals surface area contributed by atoms with Gasteiger partial charge in [0.2, 0.25) is 0 Å². The molecule has 0 radical (unpaired) electrons. The standard InChI is InChI=1S/C8H10BrNO/c1-6(10-11)7-3-2-4-8(9)5-7/h2-6,10-11H,1H3/t6-/m1/s1. The fourth-order valence-electron chi connectivity index (χ4n) is 0.850. The molecule has 0 aliphatic heterocycles. The van der Waals surface area contributed by atoms with E-state index < -0.39 is 0 Å². The Bertz CT molecular complexity index is 239. The van der Waals surface area contributed by atoms with Crippen molar-refractivity contribution in [1.29, 1.82) is 0 Å². The Morgan fingerprint density at radius 3 is 2.82 bits per heavy atom. The van der Waals surface area contributed by atoms with Crippen molar-refractivity contribution in [3.05, 3.63) is 34.3 Å². The largest absolute Gasteiger partial charge is 0.316 e. The number of hydrogen-bond acceptors (Lipinski definition) is 2. The van der Waals surface area contributed by atoms with Gasteiger partial charge in [-0.15, -0.1) is 0 Å². The maximum Gasteiger partial charge on any atom is 0.0541 e. The lowest BCUT2D eigenvalue weighted by atomic mass is 10.1. The summed E-state index contributed by atoms with van der Waals surface area (Å²) in [6, 6.07) is 7.79. The lowest BCUT2D eigenvalue weighted by Crippen LogP contribution is -2.12. The van der Waals surface area contributed by atoms with Crippen LogP contribution >= 0.6 is 15.9 Å². The Hall–Kier alpha value is -0.380. The molecule has 2 N–H and O–H groups in total. The molecule has 2 nitrogen and oxygen atoms in total. The van der Waals surface area contributed by atoms with Crippen LogP contribution in [0.25, 0.3) is 0 Å². The summed E-state index contributed by atoms with van der Waals surface area (Å²) in [7, 11) is 0. The highest BCUT2D eigenvalue weighted by Gasteiger charge is 2.01. The van der Waals surface area contributed by atoms with Gasteiger partial charge in [0, 0.05) is 4.47 Å². The highest BCUT2D eigenvalue weighted by atomic mass is 79.9. The fourth-order valence-corrected chi connectivity index (χ4v) is 1.27. The normalized spacial score (nSPS) is 13.0. The molecule has 0 aromatic heterocycles. The lowest BCUT2D eigenvalue weighted by Gasteiger charge is -2.08. The Morgan fingerprint density at radius 2 is 2.27 bits per heavy atom. The molecule has 0 spiro atoms. The van der Waals surface area contributed by atoms with E-state index in [1.54, 1.807) is 0 Å². The molecule has 11 heavy (non-hydrogen) atoms. The Labute approximate surface area is 74.3 Å². The summed E-state index contributed by atoms with van der Waals surface area (Å²) in [5, 5.41) is 8.61. The predicted octanol–water partition coefficient (Wildman–Crippen LogP) is 2.49. The summed E-state index contributed by atoms with van der Waals surface area (Å²) in [5.74, 6) is 0. The van der Waals surface area contributed by atoms with Crippen LogP contribution in [0.3, 0.4) is 0 Å². The van der Waals surface area contributed by atoms with E-state index in [4.69, 9.17) is 5.21 Å². The van der Waals surface area contributed by atoms with Crippen LogP contribution in [-0.4, -0.2) is 5.21 Å². The second-order valence-corrected chi connectivity index (χ2v) is 3.32. The molecule has 0 fully saturated rings. The van der Waals surface area contributed by atoms with Gasteiger partial charge < -0.3 is 5.21 Å². The average Bonchev–Trinajstić information content (AvgIpc) is 2.03. The molecule has 0 aliphatic carbocycles. The van der Waals surface area contributed by atoms with E-state index in [1.807, 2.05) is 31.2 Å². The van der Waals surface area contributed by atoms with Gasteiger partial charge in [-0.05, 0) is 24.6 Å². The highest BCUT2D eigenvalue weighted by Crippen LogP contribution is 2.16. The molecule has 0 amide bonds. The van der Waals surface area contributed by atoms with Gasteiger partial charge >= 0.3 is 0 Å². The number of nitrogens with one attached hydrogen (secondary N) is 1. The van der Waals surface area contributed by atoms with Crippen molar-refractivity contribution in [2.75, 3.05) is 0 Å². The molecular weight excluding hydrogens is 206 g/mol. The molecular formula is C8H10BrNO. The van der Waals surface area contributed by atoms with Crippen molar-refractivity contribution in [2.45, 2.75) is 13.0 Å². The number of hydroxylamine groups is 1. The third kappa shape index (κ3) is 2.29. The van der Waals surface area contributed by atoms with Crippen LogP contribution < -0.4 is 5.48 Å². The Morgan fingerprint density at radius 1 is 1.55 bits per heavy atom. The van der Waals surface area contributed by atoms with E-state index in [9.17, 15) is 0 Å². The van der Waals surface area contributed by atoms with E-state index >= 15 is 0 Å². The smallest absolute Gasteiger partial charge is 0.0541 e. The predicted molar refractivity (Wildman–Crippen MR) is 47.5 cm³/mol. The van der Waals surface area contributed by atoms with Crippen molar-refractivity contribution in [3.8, 4) is 0 Å². The zero-order chi connectivity index (χ0) is 8.27. The van der Waals surface area contributed by atoms with E-state index in [2.05, 4.69) is 21.4 Å². The summed E-state index contributed by atoms with van der Waals surface area (Å²) in [6.07, 6.45) is 0. The minimum atomic E-state index is -0.0208. The van der Waals surface area contributed by atoms with Crippen LogP contribution in [0.5, 0.6) is 0 Å². The third-order valence-electron chi connectivity index (χ3n) is 1.54. The van der Waals surface area contributed by atoms with Crippen molar-refractivity contribution in [3.63, 3.8) is 0 Å². The summed E-state index contributed by atoms with van der Waals surface area (Å²) >= 11 is 3.35. The fraction of sp³-hybridized carbons (Fsp3) is 0.250. The first-order chi connectivity index (χ1) is 5.24.